The molecule has 10 heavy (non-hydrogen) atoms. The van der Waals surface area contributed by atoms with Crippen LogP contribution in [0.5, 0.6) is 0 Å². The van der Waals surface area contributed by atoms with Crippen LogP contribution in [0, 0.1) is 0 Å². The fraction of sp³-hybridized carbons (Fsp3) is 0.143. The van der Waals surface area contributed by atoms with Crippen molar-refractivity contribution in [3.8, 4) is 0 Å². The largest absolute Gasteiger partial charge is 0.433 e. The highest BCUT2D eigenvalue weighted by Crippen LogP contribution is 1.94. The van der Waals surface area contributed by atoms with E-state index < -0.39 is 9.76 Å². The van der Waals surface area contributed by atoms with Crippen molar-refractivity contribution in [2.45, 2.75) is 6.61 Å². The van der Waals surface area contributed by atoms with E-state index >= 15 is 0 Å². The van der Waals surface area contributed by atoms with Crippen molar-refractivity contribution in [2.75, 3.05) is 0 Å². The maximum atomic E-state index is 8.78. The number of aliphatic hydroxyl groups is 1. The molecule has 0 saturated heterocycles. The van der Waals surface area contributed by atoms with E-state index in [1.165, 1.54) is 0 Å². The summed E-state index contributed by atoms with van der Waals surface area (Å²) >= 11 is 0. The van der Waals surface area contributed by atoms with Gasteiger partial charge in [-0.15, -0.1) is 0 Å². The van der Waals surface area contributed by atoms with E-state index in [-0.39, 0.29) is 6.61 Å². The van der Waals surface area contributed by atoms with Crippen molar-refractivity contribution in [3.63, 3.8) is 0 Å². The predicted molar refractivity (Wildman–Crippen MR) is 42.8 cm³/mol. The summed E-state index contributed by atoms with van der Waals surface area (Å²) < 4.78 is 0. The molecule has 0 spiro atoms. The Morgan fingerprint density at radius 3 is 2.20 bits per heavy atom. The Morgan fingerprint density at radius 1 is 1.20 bits per heavy atom. The second kappa shape index (κ2) is 3.51. The maximum absolute atomic E-state index is 8.78. The van der Waals surface area contributed by atoms with Gasteiger partial charge < -0.3 is 9.90 Å². The van der Waals surface area contributed by atoms with Gasteiger partial charge in [-0.1, -0.05) is 24.3 Å². The van der Waals surface area contributed by atoms with Gasteiger partial charge >= 0.3 is 0 Å². The SMILES string of the molecule is OCc1ccc([SiH2]O)cc1. The molecule has 0 saturated carbocycles. The van der Waals surface area contributed by atoms with Crippen molar-refractivity contribution in [3.05, 3.63) is 29.8 Å². The van der Waals surface area contributed by atoms with Crippen LogP contribution in [0.25, 0.3) is 0 Å². The first kappa shape index (κ1) is 7.46. The number of rotatable bonds is 2. The molecule has 0 radical (unpaired) electrons. The van der Waals surface area contributed by atoms with Crippen molar-refractivity contribution in [1.82, 2.24) is 0 Å². The van der Waals surface area contributed by atoms with Crippen LogP contribution in [0.2, 0.25) is 0 Å². The molecule has 0 amide bonds. The number of hydrogen-bond acceptors (Lipinski definition) is 2. The van der Waals surface area contributed by atoms with Gasteiger partial charge in [0.25, 0.3) is 0 Å². The minimum absolute atomic E-state index is 0.0767. The molecule has 0 atom stereocenters. The normalized spacial score (nSPS) is 11.0. The van der Waals surface area contributed by atoms with Gasteiger partial charge in [-0.2, -0.15) is 0 Å². The first-order valence-corrected chi connectivity index (χ1v) is 4.50. The standard InChI is InChI=1S/C7H10O2Si/c8-5-6-1-3-7(10-9)4-2-6/h1-4,8-9H,5,10H2. The molecule has 2 nitrogen and oxygen atoms in total. The van der Waals surface area contributed by atoms with Crippen LogP contribution in [-0.4, -0.2) is 19.7 Å². The Labute approximate surface area is 62.1 Å². The summed E-state index contributed by atoms with van der Waals surface area (Å²) in [7, 11) is -1.01. The summed E-state index contributed by atoms with van der Waals surface area (Å²) in [5, 5.41) is 9.66. The second-order valence-electron chi connectivity index (χ2n) is 2.13. The van der Waals surface area contributed by atoms with Gasteiger partial charge in [-0.05, 0) is 10.8 Å². The van der Waals surface area contributed by atoms with Gasteiger partial charge in [0.2, 0.25) is 0 Å². The van der Waals surface area contributed by atoms with Crippen LogP contribution in [0.15, 0.2) is 24.3 Å². The number of aliphatic hydroxyl groups excluding tert-OH is 1. The second-order valence-corrected chi connectivity index (χ2v) is 3.27. The molecule has 0 bridgehead atoms. The third kappa shape index (κ3) is 1.67. The maximum Gasteiger partial charge on any atom is 0.187 e. The van der Waals surface area contributed by atoms with E-state index in [0.29, 0.717) is 0 Å². The molecule has 1 rings (SSSR count). The third-order valence-corrected chi connectivity index (χ3v) is 2.22. The lowest BCUT2D eigenvalue weighted by Crippen LogP contribution is -2.12. The monoisotopic (exact) mass is 154 g/mol. The molecule has 3 heteroatoms. The molecule has 0 aromatic heterocycles. The van der Waals surface area contributed by atoms with Gasteiger partial charge in [0.05, 0.1) is 6.61 Å². The van der Waals surface area contributed by atoms with Crippen LogP contribution >= 0.6 is 0 Å². The molecule has 1 aromatic carbocycles. The van der Waals surface area contributed by atoms with Crippen molar-refractivity contribution < 1.29 is 9.90 Å². The lowest BCUT2D eigenvalue weighted by atomic mass is 10.2. The quantitative estimate of drug-likeness (QED) is 0.530. The molecule has 0 heterocycles. The van der Waals surface area contributed by atoms with Crippen molar-refractivity contribution in [2.24, 2.45) is 0 Å². The average molecular weight is 154 g/mol. The smallest absolute Gasteiger partial charge is 0.187 e. The molecular formula is C7H10O2Si. The van der Waals surface area contributed by atoms with E-state index in [9.17, 15) is 0 Å². The van der Waals surface area contributed by atoms with E-state index in [4.69, 9.17) is 9.90 Å². The average Bonchev–Trinajstić information content (AvgIpc) is 2.05. The first-order valence-electron chi connectivity index (χ1n) is 3.16. The topological polar surface area (TPSA) is 40.5 Å². The fourth-order valence-electron chi connectivity index (χ4n) is 0.750. The van der Waals surface area contributed by atoms with Crippen LogP contribution < -0.4 is 5.19 Å². The zero-order chi connectivity index (χ0) is 7.40. The molecular weight excluding hydrogens is 144 g/mol. The zero-order valence-electron chi connectivity index (χ0n) is 5.62. The molecule has 2 N–H and O–H groups in total. The summed E-state index contributed by atoms with van der Waals surface area (Å²) in [6, 6.07) is 7.38. The summed E-state index contributed by atoms with van der Waals surface area (Å²) in [5.41, 5.74) is 0.895. The highest BCUT2D eigenvalue weighted by molar-refractivity contribution is 6.45. The molecule has 1 aromatic rings. The minimum Gasteiger partial charge on any atom is -0.433 e. The lowest BCUT2D eigenvalue weighted by Gasteiger charge is -1.96. The van der Waals surface area contributed by atoms with Crippen LogP contribution in [0.1, 0.15) is 5.56 Å². The van der Waals surface area contributed by atoms with Crippen LogP contribution in [-0.2, 0) is 6.61 Å². The van der Waals surface area contributed by atoms with Gasteiger partial charge in [-0.3, -0.25) is 0 Å². The third-order valence-electron chi connectivity index (χ3n) is 1.39. The summed E-state index contributed by atoms with van der Waals surface area (Å²) in [5.74, 6) is 0. The van der Waals surface area contributed by atoms with E-state index in [1.54, 1.807) is 0 Å². The Bertz CT molecular complexity index is 172. The van der Waals surface area contributed by atoms with Gasteiger partial charge in [-0.25, -0.2) is 0 Å². The molecule has 0 aliphatic heterocycles. The number of hydrogen-bond donors (Lipinski definition) is 2. The molecule has 0 unspecified atom stereocenters. The Kier molecular flexibility index (Phi) is 2.62. The van der Waals surface area contributed by atoms with Crippen LogP contribution in [0.4, 0.5) is 0 Å². The summed E-state index contributed by atoms with van der Waals surface area (Å²) in [4.78, 5) is 8.78. The minimum atomic E-state index is -1.01. The fourth-order valence-corrected chi connectivity index (χ4v) is 1.20. The van der Waals surface area contributed by atoms with Crippen LogP contribution in [0.3, 0.4) is 0 Å². The highest BCUT2D eigenvalue weighted by atomic mass is 28.2. The van der Waals surface area contributed by atoms with E-state index in [1.807, 2.05) is 24.3 Å². The van der Waals surface area contributed by atoms with E-state index in [0.717, 1.165) is 10.8 Å². The summed E-state index contributed by atoms with van der Waals surface area (Å²) in [6.45, 7) is 0.0767. The molecule has 54 valence electrons. The lowest BCUT2D eigenvalue weighted by molar-refractivity contribution is 0.282. The van der Waals surface area contributed by atoms with Gasteiger partial charge in [0.15, 0.2) is 9.76 Å². The first-order chi connectivity index (χ1) is 4.86. The predicted octanol–water partition coefficient (Wildman–Crippen LogP) is -1.12. The zero-order valence-corrected chi connectivity index (χ0v) is 7.03. The molecule has 0 fully saturated rings. The Hall–Kier alpha value is -0.643. The molecule has 0 aliphatic carbocycles. The number of benzene rings is 1. The van der Waals surface area contributed by atoms with Gasteiger partial charge in [0.1, 0.15) is 0 Å². The Balaban J connectivity index is 2.80. The molecule has 0 aliphatic rings. The highest BCUT2D eigenvalue weighted by Gasteiger charge is 1.90. The van der Waals surface area contributed by atoms with Crippen molar-refractivity contribution in [1.29, 1.82) is 0 Å². The van der Waals surface area contributed by atoms with E-state index in [2.05, 4.69) is 0 Å². The summed E-state index contributed by atoms with van der Waals surface area (Å²) in [6.07, 6.45) is 0. The Morgan fingerprint density at radius 2 is 1.80 bits per heavy atom. The van der Waals surface area contributed by atoms with Crippen molar-refractivity contribution >= 4 is 14.9 Å². The van der Waals surface area contributed by atoms with Gasteiger partial charge in [0, 0.05) is 0 Å².